The average Bonchev–Trinajstić information content (AvgIpc) is 3.23. The first-order valence-electron chi connectivity index (χ1n) is 9.70. The Balaban J connectivity index is 1.71. The summed E-state index contributed by atoms with van der Waals surface area (Å²) in [5, 5.41) is 1.24. The van der Waals surface area contributed by atoms with E-state index in [1.54, 1.807) is 48.5 Å². The Morgan fingerprint density at radius 2 is 1.68 bits per heavy atom. The van der Waals surface area contributed by atoms with E-state index >= 15 is 0 Å². The Morgan fingerprint density at radius 3 is 2.39 bits per heavy atom. The van der Waals surface area contributed by atoms with Gasteiger partial charge in [0.15, 0.2) is 0 Å². The van der Waals surface area contributed by atoms with E-state index in [1.807, 2.05) is 36.6 Å². The van der Waals surface area contributed by atoms with Crippen molar-refractivity contribution in [1.29, 1.82) is 0 Å². The molecular formula is C24H21N3O4. The highest BCUT2D eigenvalue weighted by molar-refractivity contribution is 6.31. The fraction of sp³-hybridized carbons (Fsp3) is 0.125. The molecule has 4 rings (SSSR count). The average molecular weight is 415 g/mol. The predicted molar refractivity (Wildman–Crippen MR) is 117 cm³/mol. The molecule has 2 heterocycles. The van der Waals surface area contributed by atoms with Crippen LogP contribution in [-0.2, 0) is 14.3 Å². The van der Waals surface area contributed by atoms with E-state index in [-0.39, 0.29) is 5.57 Å². The molecule has 1 aromatic heterocycles. The lowest BCUT2D eigenvalue weighted by molar-refractivity contribution is -0.117. The molecule has 1 aliphatic rings. The SMILES string of the molecule is COC(=O)c1cccc(-n2c(C)cc(/C=C3/C(=O)NN(c4ccccc4)C3=O)c2C)c1. The van der Waals surface area contributed by atoms with Gasteiger partial charge in [-0.15, -0.1) is 0 Å². The second-order valence-electron chi connectivity index (χ2n) is 7.18. The number of nitrogens with one attached hydrogen (secondary N) is 1. The molecule has 7 nitrogen and oxygen atoms in total. The van der Waals surface area contributed by atoms with Crippen LogP contribution >= 0.6 is 0 Å². The summed E-state index contributed by atoms with van der Waals surface area (Å²) in [6.07, 6.45) is 1.60. The lowest BCUT2D eigenvalue weighted by atomic mass is 10.1. The van der Waals surface area contributed by atoms with Crippen LogP contribution in [0.1, 0.15) is 27.3 Å². The van der Waals surface area contributed by atoms with E-state index in [0.717, 1.165) is 22.6 Å². The van der Waals surface area contributed by atoms with Crippen LogP contribution in [0.25, 0.3) is 11.8 Å². The monoisotopic (exact) mass is 415 g/mol. The number of ether oxygens (including phenoxy) is 1. The van der Waals surface area contributed by atoms with Crippen molar-refractivity contribution in [2.24, 2.45) is 0 Å². The van der Waals surface area contributed by atoms with Gasteiger partial charge in [-0.1, -0.05) is 24.3 Å². The van der Waals surface area contributed by atoms with Gasteiger partial charge in [-0.05, 0) is 61.9 Å². The number of amides is 2. The number of hydrogen-bond acceptors (Lipinski definition) is 4. The molecule has 0 spiro atoms. The highest BCUT2D eigenvalue weighted by Crippen LogP contribution is 2.26. The maximum Gasteiger partial charge on any atom is 0.337 e. The molecule has 156 valence electrons. The number of hydrogen-bond donors (Lipinski definition) is 1. The van der Waals surface area contributed by atoms with Gasteiger partial charge in [-0.3, -0.25) is 15.0 Å². The van der Waals surface area contributed by atoms with Crippen molar-refractivity contribution in [2.75, 3.05) is 12.1 Å². The molecule has 0 bridgehead atoms. The molecule has 0 saturated carbocycles. The molecule has 0 unspecified atom stereocenters. The molecule has 2 aromatic carbocycles. The molecule has 31 heavy (non-hydrogen) atoms. The normalized spacial score (nSPS) is 14.8. The smallest absolute Gasteiger partial charge is 0.337 e. The summed E-state index contributed by atoms with van der Waals surface area (Å²) in [5.74, 6) is -1.28. The van der Waals surface area contributed by atoms with Gasteiger partial charge in [-0.2, -0.15) is 0 Å². The quantitative estimate of drug-likeness (QED) is 0.403. The molecule has 2 amide bonds. The van der Waals surface area contributed by atoms with Gasteiger partial charge in [0, 0.05) is 17.1 Å². The lowest BCUT2D eigenvalue weighted by Gasteiger charge is -2.13. The van der Waals surface area contributed by atoms with E-state index in [9.17, 15) is 14.4 Å². The number of aromatic nitrogens is 1. The Labute approximate surface area is 179 Å². The minimum Gasteiger partial charge on any atom is -0.465 e. The van der Waals surface area contributed by atoms with E-state index in [1.165, 1.54) is 12.1 Å². The van der Waals surface area contributed by atoms with E-state index < -0.39 is 17.8 Å². The number of methoxy groups -OCH3 is 1. The molecule has 3 aromatic rings. The minimum atomic E-state index is -0.452. The molecule has 1 saturated heterocycles. The van der Waals surface area contributed by atoms with E-state index in [4.69, 9.17) is 4.74 Å². The van der Waals surface area contributed by atoms with Crippen LogP contribution in [0.15, 0.2) is 66.2 Å². The largest absolute Gasteiger partial charge is 0.465 e. The van der Waals surface area contributed by atoms with Gasteiger partial charge in [0.1, 0.15) is 5.57 Å². The highest BCUT2D eigenvalue weighted by Gasteiger charge is 2.34. The second-order valence-corrected chi connectivity index (χ2v) is 7.18. The Bertz CT molecular complexity index is 1220. The molecule has 7 heteroatoms. The van der Waals surface area contributed by atoms with Crippen molar-refractivity contribution in [3.05, 3.63) is 88.8 Å². The number of para-hydroxylation sites is 1. The summed E-state index contributed by atoms with van der Waals surface area (Å²) in [6, 6.07) is 17.9. The molecule has 1 fully saturated rings. The van der Waals surface area contributed by atoms with Crippen molar-refractivity contribution in [1.82, 2.24) is 9.99 Å². The summed E-state index contributed by atoms with van der Waals surface area (Å²) in [6.45, 7) is 3.82. The number of benzene rings is 2. The van der Waals surface area contributed by atoms with E-state index in [2.05, 4.69) is 5.43 Å². The summed E-state index contributed by atoms with van der Waals surface area (Å²) >= 11 is 0. The minimum absolute atomic E-state index is 0.0624. The number of hydrazine groups is 1. The van der Waals surface area contributed by atoms with Gasteiger partial charge < -0.3 is 9.30 Å². The molecule has 1 N–H and O–H groups in total. The second kappa shape index (κ2) is 7.95. The summed E-state index contributed by atoms with van der Waals surface area (Å²) < 4.78 is 6.77. The van der Waals surface area contributed by atoms with Crippen LogP contribution < -0.4 is 10.4 Å². The number of nitrogens with zero attached hydrogens (tertiary/aromatic N) is 2. The third-order valence-corrected chi connectivity index (χ3v) is 5.20. The zero-order chi connectivity index (χ0) is 22.1. The molecule has 1 aliphatic heterocycles. The van der Waals surface area contributed by atoms with Crippen LogP contribution in [0.2, 0.25) is 0 Å². The van der Waals surface area contributed by atoms with Gasteiger partial charge in [0.05, 0.1) is 18.4 Å². The number of carbonyl (C=O) groups excluding carboxylic acids is 3. The maximum absolute atomic E-state index is 12.9. The van der Waals surface area contributed by atoms with Crippen molar-refractivity contribution < 1.29 is 19.1 Å². The van der Waals surface area contributed by atoms with Crippen LogP contribution in [0.3, 0.4) is 0 Å². The fourth-order valence-electron chi connectivity index (χ4n) is 3.69. The standard InChI is InChI=1S/C24H21N3O4/c1-15-12-18(16(2)26(15)20-11-7-8-17(13-20)24(30)31-3)14-21-22(28)25-27(23(21)29)19-9-5-4-6-10-19/h4-14H,1-3H3,(H,25,28)/b21-14-. The first kappa shape index (κ1) is 20.2. The van der Waals surface area contributed by atoms with Gasteiger partial charge >= 0.3 is 5.97 Å². The van der Waals surface area contributed by atoms with Gasteiger partial charge in [0.25, 0.3) is 11.8 Å². The first-order chi connectivity index (χ1) is 14.9. The lowest BCUT2D eigenvalue weighted by Crippen LogP contribution is -2.35. The molecule has 0 radical (unpaired) electrons. The number of rotatable bonds is 4. The van der Waals surface area contributed by atoms with Crippen LogP contribution in [0.5, 0.6) is 0 Å². The first-order valence-corrected chi connectivity index (χ1v) is 9.70. The van der Waals surface area contributed by atoms with Crippen LogP contribution in [-0.4, -0.2) is 29.5 Å². The Kier molecular flexibility index (Phi) is 5.17. The number of carbonyl (C=O) groups is 3. The third kappa shape index (κ3) is 3.61. The summed E-state index contributed by atoms with van der Waals surface area (Å²) in [5.41, 5.74) is 6.97. The van der Waals surface area contributed by atoms with Crippen molar-refractivity contribution in [3.63, 3.8) is 0 Å². The Morgan fingerprint density at radius 1 is 0.968 bits per heavy atom. The van der Waals surface area contributed by atoms with Crippen LogP contribution in [0.4, 0.5) is 5.69 Å². The number of aryl methyl sites for hydroxylation is 1. The van der Waals surface area contributed by atoms with E-state index in [0.29, 0.717) is 11.3 Å². The summed E-state index contributed by atoms with van der Waals surface area (Å²) in [7, 11) is 1.34. The third-order valence-electron chi connectivity index (χ3n) is 5.20. The van der Waals surface area contributed by atoms with Gasteiger partial charge in [-0.25, -0.2) is 9.80 Å². The maximum atomic E-state index is 12.9. The number of esters is 1. The summed E-state index contributed by atoms with van der Waals surface area (Å²) in [4.78, 5) is 37.3. The zero-order valence-corrected chi connectivity index (χ0v) is 17.4. The Hall–Kier alpha value is -4.13. The molecule has 0 atom stereocenters. The topological polar surface area (TPSA) is 80.6 Å². The fourth-order valence-corrected chi connectivity index (χ4v) is 3.69. The molecule has 0 aliphatic carbocycles. The van der Waals surface area contributed by atoms with Crippen molar-refractivity contribution >= 4 is 29.5 Å². The molecular weight excluding hydrogens is 394 g/mol. The predicted octanol–water partition coefficient (Wildman–Crippen LogP) is 3.34. The van der Waals surface area contributed by atoms with Crippen molar-refractivity contribution in [3.8, 4) is 5.69 Å². The number of anilines is 1. The zero-order valence-electron chi connectivity index (χ0n) is 17.4. The van der Waals surface area contributed by atoms with Gasteiger partial charge in [0.2, 0.25) is 0 Å². The van der Waals surface area contributed by atoms with Crippen molar-refractivity contribution in [2.45, 2.75) is 13.8 Å². The highest BCUT2D eigenvalue weighted by atomic mass is 16.5. The van der Waals surface area contributed by atoms with Crippen LogP contribution in [0, 0.1) is 13.8 Å².